The van der Waals surface area contributed by atoms with Crippen LogP contribution in [0.1, 0.15) is 28.4 Å². The Morgan fingerprint density at radius 3 is 2.63 bits per heavy atom. The lowest BCUT2D eigenvalue weighted by atomic mass is 9.96. The molecular formula is C16H16BrFO. The van der Waals surface area contributed by atoms with Gasteiger partial charge in [0.2, 0.25) is 0 Å². The molecule has 0 aliphatic carbocycles. The predicted octanol–water partition coefficient (Wildman–Crippen LogP) is 4.48. The Morgan fingerprint density at radius 1 is 1.16 bits per heavy atom. The third-order valence-corrected chi connectivity index (χ3v) is 3.71. The van der Waals surface area contributed by atoms with Crippen molar-refractivity contribution in [1.29, 1.82) is 0 Å². The van der Waals surface area contributed by atoms with Gasteiger partial charge in [0.1, 0.15) is 5.82 Å². The number of aliphatic hydroxyl groups excluding tert-OH is 1. The van der Waals surface area contributed by atoms with Crippen LogP contribution < -0.4 is 0 Å². The van der Waals surface area contributed by atoms with Crippen molar-refractivity contribution in [3.05, 3.63) is 68.9 Å². The normalized spacial score (nSPS) is 12.5. The summed E-state index contributed by atoms with van der Waals surface area (Å²) < 4.78 is 14.5. The Kier molecular flexibility index (Phi) is 4.38. The van der Waals surface area contributed by atoms with Gasteiger partial charge in [-0.15, -0.1) is 0 Å². The number of aryl methyl sites for hydroxylation is 2. The summed E-state index contributed by atoms with van der Waals surface area (Å²) in [6.45, 7) is 3.94. The van der Waals surface area contributed by atoms with Gasteiger partial charge in [0.15, 0.2) is 0 Å². The Balaban J connectivity index is 2.27. The van der Waals surface area contributed by atoms with E-state index >= 15 is 0 Å². The summed E-state index contributed by atoms with van der Waals surface area (Å²) in [7, 11) is 0. The minimum atomic E-state index is -0.691. The van der Waals surface area contributed by atoms with E-state index in [9.17, 15) is 9.50 Å². The highest BCUT2D eigenvalue weighted by Gasteiger charge is 2.14. The van der Waals surface area contributed by atoms with Crippen LogP contribution in [0.4, 0.5) is 4.39 Å². The molecule has 0 aromatic heterocycles. The van der Waals surface area contributed by atoms with E-state index in [1.165, 1.54) is 6.07 Å². The third-order valence-electron chi connectivity index (χ3n) is 3.21. The zero-order valence-electron chi connectivity index (χ0n) is 11.0. The Bertz CT molecular complexity index is 595. The molecule has 2 aromatic carbocycles. The maximum Gasteiger partial charge on any atom is 0.126 e. The molecule has 1 atom stereocenters. The number of aliphatic hydroxyl groups is 1. The lowest BCUT2D eigenvalue weighted by Crippen LogP contribution is -2.05. The molecule has 3 heteroatoms. The van der Waals surface area contributed by atoms with Crippen LogP contribution in [-0.2, 0) is 6.42 Å². The minimum absolute atomic E-state index is 0.273. The van der Waals surface area contributed by atoms with Crippen LogP contribution in [0.3, 0.4) is 0 Å². The third kappa shape index (κ3) is 3.43. The summed E-state index contributed by atoms with van der Waals surface area (Å²) in [5.74, 6) is -0.285. The van der Waals surface area contributed by atoms with Gasteiger partial charge in [-0.05, 0) is 48.7 Å². The number of hydrogen-bond acceptors (Lipinski definition) is 1. The first kappa shape index (κ1) is 14.2. The van der Waals surface area contributed by atoms with Gasteiger partial charge < -0.3 is 5.11 Å². The van der Waals surface area contributed by atoms with Gasteiger partial charge in [-0.1, -0.05) is 39.7 Å². The largest absolute Gasteiger partial charge is 0.388 e. The molecule has 2 rings (SSSR count). The van der Waals surface area contributed by atoms with E-state index in [0.717, 1.165) is 21.2 Å². The van der Waals surface area contributed by atoms with Crippen molar-refractivity contribution in [2.24, 2.45) is 0 Å². The number of rotatable bonds is 3. The van der Waals surface area contributed by atoms with E-state index in [4.69, 9.17) is 0 Å². The van der Waals surface area contributed by atoms with Crippen molar-refractivity contribution in [3.63, 3.8) is 0 Å². The summed E-state index contributed by atoms with van der Waals surface area (Å²) >= 11 is 3.32. The topological polar surface area (TPSA) is 20.2 Å². The molecule has 0 aliphatic rings. The van der Waals surface area contributed by atoms with Gasteiger partial charge in [-0.3, -0.25) is 0 Å². The molecule has 1 nitrogen and oxygen atoms in total. The minimum Gasteiger partial charge on any atom is -0.388 e. The first-order chi connectivity index (χ1) is 8.97. The van der Waals surface area contributed by atoms with E-state index in [-0.39, 0.29) is 12.2 Å². The zero-order chi connectivity index (χ0) is 14.0. The van der Waals surface area contributed by atoms with Crippen LogP contribution in [0.5, 0.6) is 0 Å². The van der Waals surface area contributed by atoms with Gasteiger partial charge in [-0.2, -0.15) is 0 Å². The van der Waals surface area contributed by atoms with Crippen LogP contribution >= 0.6 is 15.9 Å². The SMILES string of the molecule is Cc1ccc(C)c(C(O)Cc2cc(Br)ccc2F)c1. The monoisotopic (exact) mass is 322 g/mol. The van der Waals surface area contributed by atoms with Crippen LogP contribution in [0.2, 0.25) is 0 Å². The van der Waals surface area contributed by atoms with Gasteiger partial charge in [0.05, 0.1) is 6.10 Å². The van der Waals surface area contributed by atoms with Crippen molar-refractivity contribution < 1.29 is 9.50 Å². The van der Waals surface area contributed by atoms with Crippen molar-refractivity contribution in [1.82, 2.24) is 0 Å². The van der Waals surface area contributed by atoms with Gasteiger partial charge >= 0.3 is 0 Å². The average Bonchev–Trinajstić information content (AvgIpc) is 2.36. The van der Waals surface area contributed by atoms with Crippen molar-refractivity contribution >= 4 is 15.9 Å². The molecule has 19 heavy (non-hydrogen) atoms. The zero-order valence-corrected chi connectivity index (χ0v) is 12.5. The molecule has 0 saturated heterocycles. The summed E-state index contributed by atoms with van der Waals surface area (Å²) in [5.41, 5.74) is 3.49. The van der Waals surface area contributed by atoms with E-state index in [1.54, 1.807) is 12.1 Å². The van der Waals surface area contributed by atoms with Crippen LogP contribution in [0.25, 0.3) is 0 Å². The second-order valence-electron chi connectivity index (χ2n) is 4.82. The average molecular weight is 323 g/mol. The smallest absolute Gasteiger partial charge is 0.126 e. The summed E-state index contributed by atoms with van der Waals surface area (Å²) in [4.78, 5) is 0. The van der Waals surface area contributed by atoms with E-state index in [2.05, 4.69) is 15.9 Å². The van der Waals surface area contributed by atoms with Gasteiger partial charge in [-0.25, -0.2) is 4.39 Å². The number of hydrogen-bond donors (Lipinski definition) is 1. The Labute approximate surface area is 121 Å². The molecule has 0 spiro atoms. The molecule has 100 valence electrons. The lowest BCUT2D eigenvalue weighted by Gasteiger charge is -2.15. The Morgan fingerprint density at radius 2 is 1.89 bits per heavy atom. The van der Waals surface area contributed by atoms with Crippen LogP contribution in [-0.4, -0.2) is 5.11 Å². The Hall–Kier alpha value is -1.19. The number of benzene rings is 2. The molecule has 0 amide bonds. The van der Waals surface area contributed by atoms with Crippen molar-refractivity contribution in [3.8, 4) is 0 Å². The molecule has 0 bridgehead atoms. The van der Waals surface area contributed by atoms with Crippen LogP contribution in [0.15, 0.2) is 40.9 Å². The van der Waals surface area contributed by atoms with Gasteiger partial charge in [0.25, 0.3) is 0 Å². The fourth-order valence-electron chi connectivity index (χ4n) is 2.14. The fourth-order valence-corrected chi connectivity index (χ4v) is 2.55. The van der Waals surface area contributed by atoms with E-state index in [1.807, 2.05) is 32.0 Å². The standard InChI is InChI=1S/C16H16BrFO/c1-10-3-4-11(2)14(7-10)16(19)9-12-8-13(17)5-6-15(12)18/h3-8,16,19H,9H2,1-2H3. The summed E-state index contributed by atoms with van der Waals surface area (Å²) in [6, 6.07) is 10.7. The van der Waals surface area contributed by atoms with E-state index in [0.29, 0.717) is 5.56 Å². The fraction of sp³-hybridized carbons (Fsp3) is 0.250. The maximum absolute atomic E-state index is 13.7. The highest BCUT2D eigenvalue weighted by molar-refractivity contribution is 9.10. The molecule has 0 heterocycles. The van der Waals surface area contributed by atoms with Crippen molar-refractivity contribution in [2.75, 3.05) is 0 Å². The molecule has 1 N–H and O–H groups in total. The second-order valence-corrected chi connectivity index (χ2v) is 5.73. The molecular weight excluding hydrogens is 307 g/mol. The highest BCUT2D eigenvalue weighted by Crippen LogP contribution is 2.25. The molecule has 0 aliphatic heterocycles. The van der Waals surface area contributed by atoms with Crippen LogP contribution in [0, 0.1) is 19.7 Å². The highest BCUT2D eigenvalue weighted by atomic mass is 79.9. The molecule has 0 saturated carbocycles. The lowest BCUT2D eigenvalue weighted by molar-refractivity contribution is 0.176. The molecule has 2 aromatic rings. The van der Waals surface area contributed by atoms with E-state index < -0.39 is 6.10 Å². The van der Waals surface area contributed by atoms with Crippen molar-refractivity contribution in [2.45, 2.75) is 26.4 Å². The summed E-state index contributed by atoms with van der Waals surface area (Å²) in [6.07, 6.45) is -0.418. The molecule has 0 radical (unpaired) electrons. The summed E-state index contributed by atoms with van der Waals surface area (Å²) in [5, 5.41) is 10.3. The van der Waals surface area contributed by atoms with Gasteiger partial charge in [0, 0.05) is 10.9 Å². The number of halogens is 2. The maximum atomic E-state index is 13.7. The molecule has 0 fully saturated rings. The predicted molar refractivity (Wildman–Crippen MR) is 78.7 cm³/mol. The quantitative estimate of drug-likeness (QED) is 0.883. The molecule has 1 unspecified atom stereocenters. The second kappa shape index (κ2) is 5.85. The first-order valence-electron chi connectivity index (χ1n) is 6.16. The first-order valence-corrected chi connectivity index (χ1v) is 6.96.